The van der Waals surface area contributed by atoms with Gasteiger partial charge < -0.3 is 0 Å². The van der Waals surface area contributed by atoms with Gasteiger partial charge in [-0.05, 0) is 6.92 Å². The Kier molecular flexibility index (Phi) is 3.08. The molecule has 0 aromatic rings. The summed E-state index contributed by atoms with van der Waals surface area (Å²) in [6.07, 6.45) is 0. The summed E-state index contributed by atoms with van der Waals surface area (Å²) < 4.78 is 49.1. The molecule has 2 nitrogen and oxygen atoms in total. The number of hydrogen-bond acceptors (Lipinski definition) is 1. The SMILES string of the molecule is C=C(C)C(=O)NC(F)(F)C(C)(F)F. The van der Waals surface area contributed by atoms with Crippen LogP contribution in [0.3, 0.4) is 0 Å². The van der Waals surface area contributed by atoms with Crippen LogP contribution in [0, 0.1) is 0 Å². The minimum atomic E-state index is -4.55. The van der Waals surface area contributed by atoms with E-state index in [1.807, 2.05) is 0 Å². The van der Waals surface area contributed by atoms with Crippen molar-refractivity contribution in [3.63, 3.8) is 0 Å². The van der Waals surface area contributed by atoms with Gasteiger partial charge in [0.05, 0.1) is 0 Å². The van der Waals surface area contributed by atoms with Crippen molar-refractivity contribution in [1.82, 2.24) is 5.32 Å². The maximum absolute atomic E-state index is 12.4. The third kappa shape index (κ3) is 3.04. The third-order valence-corrected chi connectivity index (χ3v) is 1.21. The van der Waals surface area contributed by atoms with E-state index in [-0.39, 0.29) is 12.5 Å². The zero-order valence-corrected chi connectivity index (χ0v) is 7.13. The molecule has 0 bridgehead atoms. The Morgan fingerprint density at radius 2 is 1.69 bits per heavy atom. The number of hydrogen-bond donors (Lipinski definition) is 1. The van der Waals surface area contributed by atoms with E-state index in [0.717, 1.165) is 12.2 Å². The van der Waals surface area contributed by atoms with Gasteiger partial charge in [0.15, 0.2) is 0 Å². The monoisotopic (exact) mass is 199 g/mol. The molecule has 0 spiro atoms. The summed E-state index contributed by atoms with van der Waals surface area (Å²) in [5, 5.41) is 0.874. The molecule has 0 fully saturated rings. The average Bonchev–Trinajstić information content (AvgIpc) is 1.83. The first kappa shape index (κ1) is 11.9. The molecule has 0 aliphatic heterocycles. The van der Waals surface area contributed by atoms with E-state index in [9.17, 15) is 22.4 Å². The molecule has 0 aromatic heterocycles. The molecule has 6 heteroatoms. The normalized spacial score (nSPS) is 12.5. The van der Waals surface area contributed by atoms with Crippen molar-refractivity contribution >= 4 is 5.91 Å². The van der Waals surface area contributed by atoms with Crippen LogP contribution in [0.15, 0.2) is 12.2 Å². The first-order valence-electron chi connectivity index (χ1n) is 3.31. The fourth-order valence-electron chi connectivity index (χ4n) is 0.359. The molecule has 1 N–H and O–H groups in total. The predicted octanol–water partition coefficient (Wildman–Crippen LogP) is 1.93. The largest absolute Gasteiger partial charge is 0.388 e. The molecular formula is C7H9F4NO. The van der Waals surface area contributed by atoms with Gasteiger partial charge in [-0.2, -0.15) is 17.6 Å². The van der Waals surface area contributed by atoms with Crippen LogP contribution in [0.2, 0.25) is 0 Å². The average molecular weight is 199 g/mol. The van der Waals surface area contributed by atoms with Crippen molar-refractivity contribution in [2.75, 3.05) is 0 Å². The Labute approximate surface area is 72.6 Å². The van der Waals surface area contributed by atoms with Gasteiger partial charge in [-0.15, -0.1) is 0 Å². The molecule has 0 radical (unpaired) electrons. The van der Waals surface area contributed by atoms with Crippen LogP contribution in [0.5, 0.6) is 0 Å². The number of halogens is 4. The molecule has 0 heterocycles. The fraction of sp³-hybridized carbons (Fsp3) is 0.571. The summed E-state index contributed by atoms with van der Waals surface area (Å²) >= 11 is 0. The van der Waals surface area contributed by atoms with Crippen molar-refractivity contribution < 1.29 is 22.4 Å². The zero-order chi connectivity index (χ0) is 10.9. The fourth-order valence-corrected chi connectivity index (χ4v) is 0.359. The first-order valence-corrected chi connectivity index (χ1v) is 3.31. The second kappa shape index (κ2) is 3.35. The van der Waals surface area contributed by atoms with Crippen LogP contribution in [-0.4, -0.2) is 17.9 Å². The molecule has 0 rings (SSSR count). The van der Waals surface area contributed by atoms with Crippen LogP contribution in [0.25, 0.3) is 0 Å². The van der Waals surface area contributed by atoms with E-state index in [1.54, 1.807) is 0 Å². The molecule has 0 unspecified atom stereocenters. The summed E-state index contributed by atoms with van der Waals surface area (Å²) in [6, 6.07) is -4.55. The zero-order valence-electron chi connectivity index (χ0n) is 7.13. The van der Waals surface area contributed by atoms with Gasteiger partial charge in [0.2, 0.25) is 0 Å². The quantitative estimate of drug-likeness (QED) is 0.420. The van der Waals surface area contributed by atoms with Gasteiger partial charge in [0.25, 0.3) is 5.91 Å². The van der Waals surface area contributed by atoms with Gasteiger partial charge in [-0.1, -0.05) is 6.58 Å². The topological polar surface area (TPSA) is 29.1 Å². The maximum Gasteiger partial charge on any atom is 0.388 e. The summed E-state index contributed by atoms with van der Waals surface area (Å²) in [4.78, 5) is 10.6. The molecule has 13 heavy (non-hydrogen) atoms. The van der Waals surface area contributed by atoms with E-state index in [0.29, 0.717) is 0 Å². The number of nitrogens with one attached hydrogen (secondary N) is 1. The molecule has 0 aliphatic carbocycles. The number of amides is 1. The standard InChI is InChI=1S/C7H9F4NO/c1-4(2)5(13)12-7(10,11)6(3,8)9/h1H2,2-3H3,(H,12,13). The Balaban J connectivity index is 4.53. The lowest BCUT2D eigenvalue weighted by Gasteiger charge is -2.23. The molecule has 0 atom stereocenters. The van der Waals surface area contributed by atoms with Gasteiger partial charge in [-0.3, -0.25) is 10.1 Å². The van der Waals surface area contributed by atoms with Gasteiger partial charge in [0.1, 0.15) is 0 Å². The lowest BCUT2D eigenvalue weighted by atomic mass is 10.3. The van der Waals surface area contributed by atoms with Crippen molar-refractivity contribution in [3.05, 3.63) is 12.2 Å². The van der Waals surface area contributed by atoms with Gasteiger partial charge in [0, 0.05) is 12.5 Å². The van der Waals surface area contributed by atoms with E-state index in [2.05, 4.69) is 6.58 Å². The molecule has 76 valence electrons. The van der Waals surface area contributed by atoms with E-state index in [4.69, 9.17) is 0 Å². The van der Waals surface area contributed by atoms with Crippen LogP contribution < -0.4 is 5.32 Å². The van der Waals surface area contributed by atoms with Crippen molar-refractivity contribution in [3.8, 4) is 0 Å². The minimum Gasteiger partial charge on any atom is -0.288 e. The molecule has 0 saturated carbocycles. The van der Waals surface area contributed by atoms with Gasteiger partial charge in [-0.25, -0.2) is 0 Å². The smallest absolute Gasteiger partial charge is 0.288 e. The lowest BCUT2D eigenvalue weighted by molar-refractivity contribution is -0.215. The molecule has 0 aromatic carbocycles. The summed E-state index contributed by atoms with van der Waals surface area (Å²) in [7, 11) is 0. The van der Waals surface area contributed by atoms with Crippen LogP contribution >= 0.6 is 0 Å². The summed E-state index contributed by atoms with van der Waals surface area (Å²) in [6.45, 7) is 4.19. The Hall–Kier alpha value is -1.07. The van der Waals surface area contributed by atoms with Crippen LogP contribution in [0.1, 0.15) is 13.8 Å². The van der Waals surface area contributed by atoms with Crippen LogP contribution in [-0.2, 0) is 4.79 Å². The Morgan fingerprint density at radius 1 is 1.31 bits per heavy atom. The van der Waals surface area contributed by atoms with Crippen molar-refractivity contribution in [1.29, 1.82) is 0 Å². The van der Waals surface area contributed by atoms with Crippen LogP contribution in [0.4, 0.5) is 17.6 Å². The van der Waals surface area contributed by atoms with E-state index >= 15 is 0 Å². The number of carbonyl (C=O) groups excluding carboxylic acids is 1. The van der Waals surface area contributed by atoms with E-state index < -0.39 is 17.9 Å². The number of carbonyl (C=O) groups is 1. The van der Waals surface area contributed by atoms with E-state index in [1.165, 1.54) is 0 Å². The summed E-state index contributed by atoms with van der Waals surface area (Å²) in [5.41, 5.74) is -0.260. The molecule has 0 aliphatic rings. The molecular weight excluding hydrogens is 190 g/mol. The summed E-state index contributed by atoms with van der Waals surface area (Å²) in [5.74, 6) is -5.59. The van der Waals surface area contributed by atoms with Gasteiger partial charge >= 0.3 is 12.0 Å². The second-order valence-electron chi connectivity index (χ2n) is 2.70. The second-order valence-corrected chi connectivity index (χ2v) is 2.70. The highest BCUT2D eigenvalue weighted by Gasteiger charge is 2.53. The van der Waals surface area contributed by atoms with Crippen molar-refractivity contribution in [2.24, 2.45) is 0 Å². The number of rotatable bonds is 3. The highest BCUT2D eigenvalue weighted by Crippen LogP contribution is 2.30. The Bertz CT molecular complexity index is 231. The molecule has 0 saturated heterocycles. The first-order chi connectivity index (χ1) is 5.58. The predicted molar refractivity (Wildman–Crippen MR) is 38.5 cm³/mol. The molecule has 1 amide bonds. The van der Waals surface area contributed by atoms with Crippen molar-refractivity contribution in [2.45, 2.75) is 25.8 Å². The lowest BCUT2D eigenvalue weighted by Crippen LogP contribution is -2.52. The minimum absolute atomic E-state index is 0.0195. The maximum atomic E-state index is 12.4. The third-order valence-electron chi connectivity index (χ3n) is 1.21. The Morgan fingerprint density at radius 3 is 1.92 bits per heavy atom. The number of alkyl halides is 4. The highest BCUT2D eigenvalue weighted by molar-refractivity contribution is 5.92. The highest BCUT2D eigenvalue weighted by atomic mass is 19.3.